The van der Waals surface area contributed by atoms with Crippen LogP contribution in [0.15, 0.2) is 48.5 Å². The van der Waals surface area contributed by atoms with Crippen molar-refractivity contribution in [3.05, 3.63) is 70.2 Å². The fourth-order valence-corrected chi connectivity index (χ4v) is 2.11. The van der Waals surface area contributed by atoms with Gasteiger partial charge >= 0.3 is 0 Å². The second kappa shape index (κ2) is 5.98. The van der Waals surface area contributed by atoms with Crippen molar-refractivity contribution >= 4 is 28.8 Å². The van der Waals surface area contributed by atoms with Crippen LogP contribution in [-0.2, 0) is 6.54 Å². The standard InChI is InChI=1S/C15H14ClNS/c1-11-5-2-3-6-13(11)10-17-15(18)12-7-4-8-14(16)9-12/h2-9H,10H2,1H3,(H,17,18). The number of benzene rings is 2. The molecule has 18 heavy (non-hydrogen) atoms. The van der Waals surface area contributed by atoms with Crippen molar-refractivity contribution in [2.24, 2.45) is 0 Å². The van der Waals surface area contributed by atoms with Gasteiger partial charge in [0.15, 0.2) is 0 Å². The molecule has 0 unspecified atom stereocenters. The zero-order valence-electron chi connectivity index (χ0n) is 10.1. The number of halogens is 1. The Kier molecular flexibility index (Phi) is 4.34. The summed E-state index contributed by atoms with van der Waals surface area (Å²) in [7, 11) is 0. The average Bonchev–Trinajstić information content (AvgIpc) is 2.37. The predicted molar refractivity (Wildman–Crippen MR) is 81.2 cm³/mol. The predicted octanol–water partition coefficient (Wildman–Crippen LogP) is 4.11. The van der Waals surface area contributed by atoms with Gasteiger partial charge in [-0.3, -0.25) is 0 Å². The highest BCUT2D eigenvalue weighted by Crippen LogP contribution is 2.12. The van der Waals surface area contributed by atoms with Crippen LogP contribution in [0.25, 0.3) is 0 Å². The molecule has 92 valence electrons. The molecule has 0 atom stereocenters. The summed E-state index contributed by atoms with van der Waals surface area (Å²) in [5, 5.41) is 3.96. The van der Waals surface area contributed by atoms with Crippen LogP contribution in [0.4, 0.5) is 0 Å². The molecule has 0 aliphatic heterocycles. The Morgan fingerprint density at radius 2 is 1.94 bits per heavy atom. The SMILES string of the molecule is Cc1ccccc1CNC(=S)c1cccc(Cl)c1. The van der Waals surface area contributed by atoms with Gasteiger partial charge in [-0.2, -0.15) is 0 Å². The molecular formula is C15H14ClNS. The first-order valence-corrected chi connectivity index (χ1v) is 6.54. The number of rotatable bonds is 3. The number of aryl methyl sites for hydroxylation is 1. The molecule has 0 aliphatic carbocycles. The van der Waals surface area contributed by atoms with Crippen molar-refractivity contribution < 1.29 is 0 Å². The number of thiocarbonyl (C=S) groups is 1. The molecule has 0 spiro atoms. The van der Waals surface area contributed by atoms with E-state index >= 15 is 0 Å². The van der Waals surface area contributed by atoms with Gasteiger partial charge in [-0.25, -0.2) is 0 Å². The molecule has 0 saturated heterocycles. The molecule has 0 fully saturated rings. The lowest BCUT2D eigenvalue weighted by molar-refractivity contribution is 0.918. The molecule has 0 aliphatic rings. The molecule has 2 aromatic carbocycles. The van der Waals surface area contributed by atoms with E-state index < -0.39 is 0 Å². The van der Waals surface area contributed by atoms with Gasteiger partial charge in [0.25, 0.3) is 0 Å². The maximum atomic E-state index is 5.94. The van der Waals surface area contributed by atoms with Gasteiger partial charge in [-0.05, 0) is 30.2 Å². The van der Waals surface area contributed by atoms with Crippen molar-refractivity contribution in [2.45, 2.75) is 13.5 Å². The summed E-state index contributed by atoms with van der Waals surface area (Å²) >= 11 is 11.3. The first kappa shape index (κ1) is 13.1. The van der Waals surface area contributed by atoms with Crippen LogP contribution in [0, 0.1) is 6.92 Å². The Hall–Kier alpha value is -1.38. The second-order valence-corrected chi connectivity index (χ2v) is 4.96. The highest BCUT2D eigenvalue weighted by atomic mass is 35.5. The monoisotopic (exact) mass is 275 g/mol. The van der Waals surface area contributed by atoms with E-state index in [2.05, 4.69) is 24.4 Å². The molecule has 0 heterocycles. The first-order valence-electron chi connectivity index (χ1n) is 5.75. The van der Waals surface area contributed by atoms with Crippen molar-refractivity contribution in [3.63, 3.8) is 0 Å². The lowest BCUT2D eigenvalue weighted by Crippen LogP contribution is -2.22. The number of hydrogen-bond donors (Lipinski definition) is 1. The van der Waals surface area contributed by atoms with Crippen molar-refractivity contribution in [1.82, 2.24) is 5.32 Å². The van der Waals surface area contributed by atoms with Gasteiger partial charge < -0.3 is 5.32 Å². The van der Waals surface area contributed by atoms with Crippen LogP contribution in [0.1, 0.15) is 16.7 Å². The van der Waals surface area contributed by atoms with Gasteiger partial charge in [0.1, 0.15) is 4.99 Å². The molecule has 1 nitrogen and oxygen atoms in total. The van der Waals surface area contributed by atoms with Crippen LogP contribution >= 0.6 is 23.8 Å². The van der Waals surface area contributed by atoms with E-state index in [-0.39, 0.29) is 0 Å². The summed E-state index contributed by atoms with van der Waals surface area (Å²) in [5.41, 5.74) is 3.46. The maximum absolute atomic E-state index is 5.94. The van der Waals surface area contributed by atoms with Crippen molar-refractivity contribution in [1.29, 1.82) is 0 Å². The fraction of sp³-hybridized carbons (Fsp3) is 0.133. The summed E-state index contributed by atoms with van der Waals surface area (Å²) < 4.78 is 0. The lowest BCUT2D eigenvalue weighted by atomic mass is 10.1. The number of hydrogen-bond acceptors (Lipinski definition) is 1. The topological polar surface area (TPSA) is 12.0 Å². The minimum absolute atomic E-state index is 0.701. The molecule has 0 amide bonds. The van der Waals surface area contributed by atoms with Crippen LogP contribution in [0.2, 0.25) is 5.02 Å². The maximum Gasteiger partial charge on any atom is 0.106 e. The third-order valence-corrected chi connectivity index (χ3v) is 3.40. The minimum atomic E-state index is 0.701. The Labute approximate surface area is 118 Å². The van der Waals surface area contributed by atoms with Gasteiger partial charge in [-0.15, -0.1) is 0 Å². The van der Waals surface area contributed by atoms with E-state index in [9.17, 15) is 0 Å². The molecule has 2 rings (SSSR count). The third kappa shape index (κ3) is 3.31. The average molecular weight is 276 g/mol. The van der Waals surface area contributed by atoms with Crippen LogP contribution in [0.5, 0.6) is 0 Å². The van der Waals surface area contributed by atoms with E-state index in [1.807, 2.05) is 36.4 Å². The van der Waals surface area contributed by atoms with Crippen molar-refractivity contribution in [3.8, 4) is 0 Å². The normalized spacial score (nSPS) is 10.1. The fourth-order valence-electron chi connectivity index (χ4n) is 1.72. The van der Waals surface area contributed by atoms with E-state index in [1.165, 1.54) is 11.1 Å². The molecular weight excluding hydrogens is 262 g/mol. The minimum Gasteiger partial charge on any atom is -0.372 e. The smallest absolute Gasteiger partial charge is 0.106 e. The Bertz CT molecular complexity index is 566. The molecule has 0 saturated carbocycles. The molecule has 0 aromatic heterocycles. The summed E-state index contributed by atoms with van der Waals surface area (Å²) in [6, 6.07) is 15.8. The molecule has 1 N–H and O–H groups in total. The Morgan fingerprint density at radius 1 is 1.17 bits per heavy atom. The van der Waals surface area contributed by atoms with Gasteiger partial charge in [0.05, 0.1) is 0 Å². The molecule has 3 heteroatoms. The zero-order chi connectivity index (χ0) is 13.0. The summed E-state index contributed by atoms with van der Waals surface area (Å²) in [5.74, 6) is 0. The summed E-state index contributed by atoms with van der Waals surface area (Å²) in [4.78, 5) is 0.723. The largest absolute Gasteiger partial charge is 0.372 e. The van der Waals surface area contributed by atoms with Crippen LogP contribution < -0.4 is 5.32 Å². The lowest BCUT2D eigenvalue weighted by Gasteiger charge is -2.10. The second-order valence-electron chi connectivity index (χ2n) is 4.12. The highest BCUT2D eigenvalue weighted by molar-refractivity contribution is 7.80. The quantitative estimate of drug-likeness (QED) is 0.846. The van der Waals surface area contributed by atoms with Crippen LogP contribution in [-0.4, -0.2) is 4.99 Å². The van der Waals surface area contributed by atoms with E-state index in [1.54, 1.807) is 0 Å². The Morgan fingerprint density at radius 3 is 2.67 bits per heavy atom. The summed E-state index contributed by atoms with van der Waals surface area (Å²) in [6.45, 7) is 2.83. The van der Waals surface area contributed by atoms with Crippen molar-refractivity contribution in [2.75, 3.05) is 0 Å². The van der Waals surface area contributed by atoms with Gasteiger partial charge in [0, 0.05) is 17.1 Å². The highest BCUT2D eigenvalue weighted by Gasteiger charge is 2.02. The third-order valence-electron chi connectivity index (χ3n) is 2.79. The zero-order valence-corrected chi connectivity index (χ0v) is 11.7. The molecule has 0 bridgehead atoms. The number of nitrogens with one attached hydrogen (secondary N) is 1. The first-order chi connectivity index (χ1) is 8.66. The Balaban J connectivity index is 2.03. The molecule has 2 aromatic rings. The van der Waals surface area contributed by atoms with Gasteiger partial charge in [-0.1, -0.05) is 60.2 Å². The van der Waals surface area contributed by atoms with Gasteiger partial charge in [0.2, 0.25) is 0 Å². The molecule has 0 radical (unpaired) electrons. The van der Waals surface area contributed by atoms with Crippen LogP contribution in [0.3, 0.4) is 0 Å². The van der Waals surface area contributed by atoms with E-state index in [0.717, 1.165) is 17.1 Å². The summed E-state index contributed by atoms with van der Waals surface area (Å²) in [6.07, 6.45) is 0. The van der Waals surface area contributed by atoms with E-state index in [4.69, 9.17) is 23.8 Å². The van der Waals surface area contributed by atoms with E-state index in [0.29, 0.717) is 5.02 Å².